The lowest BCUT2D eigenvalue weighted by atomic mass is 10.1. The van der Waals surface area contributed by atoms with Crippen LogP contribution in [0, 0.1) is 0 Å². The maximum atomic E-state index is 9.83. The summed E-state index contributed by atoms with van der Waals surface area (Å²) in [7, 11) is -1.63. The van der Waals surface area contributed by atoms with Gasteiger partial charge in [-0.2, -0.15) is 0 Å². The van der Waals surface area contributed by atoms with Gasteiger partial charge in [0.15, 0.2) is 0 Å². The maximum absolute atomic E-state index is 9.83. The lowest BCUT2D eigenvalue weighted by molar-refractivity contribution is 0.194. The predicted octanol–water partition coefficient (Wildman–Crippen LogP) is 3.96. The van der Waals surface area contributed by atoms with E-state index in [0.29, 0.717) is 0 Å². The molecule has 0 amide bonds. The molecule has 3 heteroatoms. The number of aliphatic hydroxyl groups is 1. The topological polar surface area (TPSA) is 29.5 Å². The van der Waals surface area contributed by atoms with Crippen molar-refractivity contribution in [2.24, 2.45) is 0 Å². The Morgan fingerprint density at radius 1 is 1.07 bits per heavy atom. The van der Waals surface area contributed by atoms with Crippen LogP contribution in [0.1, 0.15) is 38.5 Å². The Balaban J connectivity index is 2.60. The molecule has 0 bridgehead atoms. The summed E-state index contributed by atoms with van der Waals surface area (Å²) in [5.41, 5.74) is 1.14. The van der Waals surface area contributed by atoms with E-state index in [1.807, 2.05) is 0 Å². The summed E-state index contributed by atoms with van der Waals surface area (Å²) in [5.74, 6) is 0.242. The third kappa shape index (κ3) is 4.18. The molecule has 0 aliphatic heterocycles. The summed E-state index contributed by atoms with van der Waals surface area (Å²) in [6.07, 6.45) is 7.04. The van der Waals surface area contributed by atoms with Crippen LogP contribution in [-0.2, 0) is 4.43 Å². The molecule has 14 heavy (non-hydrogen) atoms. The van der Waals surface area contributed by atoms with Crippen molar-refractivity contribution in [1.82, 2.24) is 0 Å². The van der Waals surface area contributed by atoms with Gasteiger partial charge in [-0.25, -0.2) is 0 Å². The minimum atomic E-state index is -1.63. The lowest BCUT2D eigenvalue weighted by Gasteiger charge is -2.20. The minimum Gasteiger partial charge on any atom is -0.520 e. The van der Waals surface area contributed by atoms with Crippen LogP contribution in [0.5, 0.6) is 0 Å². The van der Waals surface area contributed by atoms with Gasteiger partial charge in [-0.1, -0.05) is 12.8 Å². The van der Waals surface area contributed by atoms with Crippen LogP contribution in [0.25, 0.3) is 0 Å². The molecule has 0 heterocycles. The van der Waals surface area contributed by atoms with Crippen molar-refractivity contribution in [3.63, 3.8) is 0 Å². The highest BCUT2D eigenvalue weighted by molar-refractivity contribution is 6.69. The Kier molecular flexibility index (Phi) is 4.05. The molecular weight excluding hydrogens is 192 g/mol. The molecule has 1 aliphatic carbocycles. The van der Waals surface area contributed by atoms with E-state index >= 15 is 0 Å². The van der Waals surface area contributed by atoms with E-state index in [1.165, 1.54) is 25.7 Å². The van der Waals surface area contributed by atoms with Crippen molar-refractivity contribution in [3.05, 3.63) is 11.5 Å². The van der Waals surface area contributed by atoms with Crippen molar-refractivity contribution in [1.29, 1.82) is 0 Å². The fourth-order valence-electron chi connectivity index (χ4n) is 1.73. The van der Waals surface area contributed by atoms with Gasteiger partial charge in [-0.15, -0.1) is 0 Å². The molecule has 0 atom stereocenters. The number of hydrogen-bond acceptors (Lipinski definition) is 2. The Morgan fingerprint density at radius 3 is 2.00 bits per heavy atom. The highest BCUT2D eigenvalue weighted by Crippen LogP contribution is 2.25. The molecule has 82 valence electrons. The smallest absolute Gasteiger partial charge is 0.261 e. The molecule has 0 saturated heterocycles. The first kappa shape index (κ1) is 11.6. The standard InChI is InChI=1S/C11H22O2Si/c1-14(2,3)13-11(12)10-8-6-4-5-7-9-10/h12H,4-9H2,1-3H3. The third-order valence-corrected chi connectivity index (χ3v) is 3.22. The molecule has 2 nitrogen and oxygen atoms in total. The summed E-state index contributed by atoms with van der Waals surface area (Å²) < 4.78 is 5.61. The third-order valence-electron chi connectivity index (χ3n) is 2.41. The lowest BCUT2D eigenvalue weighted by Crippen LogP contribution is -2.25. The van der Waals surface area contributed by atoms with Crippen LogP contribution < -0.4 is 0 Å². The van der Waals surface area contributed by atoms with Crippen LogP contribution in [0.15, 0.2) is 11.5 Å². The molecule has 1 saturated carbocycles. The van der Waals surface area contributed by atoms with Gasteiger partial charge in [0, 0.05) is 5.57 Å². The van der Waals surface area contributed by atoms with Gasteiger partial charge >= 0.3 is 0 Å². The van der Waals surface area contributed by atoms with Crippen molar-refractivity contribution in [2.75, 3.05) is 0 Å². The zero-order valence-electron chi connectivity index (χ0n) is 9.60. The second-order valence-electron chi connectivity index (χ2n) is 5.04. The molecule has 0 radical (unpaired) electrons. The first-order chi connectivity index (χ1) is 6.49. The second kappa shape index (κ2) is 4.87. The molecular formula is C11H22O2Si. The Labute approximate surface area is 88.1 Å². The van der Waals surface area contributed by atoms with Gasteiger partial charge in [0.05, 0.1) is 0 Å². The normalized spacial score (nSPS) is 18.9. The first-order valence-corrected chi connectivity index (χ1v) is 9.00. The molecule has 0 aromatic carbocycles. The summed E-state index contributed by atoms with van der Waals surface area (Å²) >= 11 is 0. The van der Waals surface area contributed by atoms with E-state index in [0.717, 1.165) is 18.4 Å². The number of hydrogen-bond donors (Lipinski definition) is 1. The van der Waals surface area contributed by atoms with Gasteiger partial charge in [0.25, 0.3) is 5.95 Å². The van der Waals surface area contributed by atoms with Gasteiger partial charge in [0.1, 0.15) is 0 Å². The summed E-state index contributed by atoms with van der Waals surface area (Å²) in [6.45, 7) is 6.29. The highest BCUT2D eigenvalue weighted by atomic mass is 28.4. The van der Waals surface area contributed by atoms with Gasteiger partial charge in [-0.3, -0.25) is 0 Å². The van der Waals surface area contributed by atoms with Crippen LogP contribution >= 0.6 is 0 Å². The quantitative estimate of drug-likeness (QED) is 0.428. The van der Waals surface area contributed by atoms with Crippen molar-refractivity contribution in [2.45, 2.75) is 58.2 Å². The second-order valence-corrected chi connectivity index (χ2v) is 9.47. The fourth-order valence-corrected chi connectivity index (χ4v) is 2.46. The molecule has 1 rings (SSSR count). The number of aliphatic hydroxyl groups excluding tert-OH is 1. The summed E-state index contributed by atoms with van der Waals surface area (Å²) in [6, 6.07) is 0. The molecule has 1 fully saturated rings. The predicted molar refractivity (Wildman–Crippen MR) is 61.8 cm³/mol. The van der Waals surface area contributed by atoms with E-state index in [-0.39, 0.29) is 5.95 Å². The highest BCUT2D eigenvalue weighted by Gasteiger charge is 2.20. The maximum Gasteiger partial charge on any atom is 0.261 e. The molecule has 0 aromatic rings. The van der Waals surface area contributed by atoms with Crippen LogP contribution in [-0.4, -0.2) is 13.4 Å². The largest absolute Gasteiger partial charge is 0.520 e. The Bertz CT molecular complexity index is 206. The fraction of sp³-hybridized carbons (Fsp3) is 0.818. The Morgan fingerprint density at radius 2 is 1.57 bits per heavy atom. The van der Waals surface area contributed by atoms with Crippen LogP contribution in [0.2, 0.25) is 19.6 Å². The van der Waals surface area contributed by atoms with Gasteiger partial charge < -0.3 is 9.53 Å². The zero-order chi connectivity index (χ0) is 10.6. The van der Waals surface area contributed by atoms with Crippen LogP contribution in [0.3, 0.4) is 0 Å². The summed E-state index contributed by atoms with van der Waals surface area (Å²) in [4.78, 5) is 0. The first-order valence-electron chi connectivity index (χ1n) is 5.59. The van der Waals surface area contributed by atoms with E-state index in [9.17, 15) is 5.11 Å². The van der Waals surface area contributed by atoms with E-state index < -0.39 is 8.32 Å². The van der Waals surface area contributed by atoms with Crippen molar-refractivity contribution < 1.29 is 9.53 Å². The molecule has 1 aliphatic rings. The van der Waals surface area contributed by atoms with E-state index in [1.54, 1.807) is 0 Å². The molecule has 0 unspecified atom stereocenters. The Hall–Kier alpha value is -0.443. The average molecular weight is 214 g/mol. The molecule has 0 spiro atoms. The average Bonchev–Trinajstić information content (AvgIpc) is 2.27. The molecule has 1 N–H and O–H groups in total. The molecule has 0 aromatic heterocycles. The van der Waals surface area contributed by atoms with Gasteiger partial charge in [0.2, 0.25) is 8.32 Å². The monoisotopic (exact) mass is 214 g/mol. The van der Waals surface area contributed by atoms with Gasteiger partial charge in [-0.05, 0) is 45.3 Å². The van der Waals surface area contributed by atoms with Crippen LogP contribution in [0.4, 0.5) is 0 Å². The van der Waals surface area contributed by atoms with Crippen molar-refractivity contribution in [3.8, 4) is 0 Å². The number of rotatable bonds is 2. The van der Waals surface area contributed by atoms with E-state index in [4.69, 9.17) is 4.43 Å². The number of allylic oxidation sites excluding steroid dienone is 1. The van der Waals surface area contributed by atoms with E-state index in [2.05, 4.69) is 19.6 Å². The van der Waals surface area contributed by atoms with Crippen molar-refractivity contribution >= 4 is 8.32 Å². The minimum absolute atomic E-state index is 0.242. The SMILES string of the molecule is C[Si](C)(C)OC(O)=C1CCCCCC1. The zero-order valence-corrected chi connectivity index (χ0v) is 10.6. The summed E-state index contributed by atoms with van der Waals surface area (Å²) in [5, 5.41) is 9.83.